The van der Waals surface area contributed by atoms with Gasteiger partial charge in [0.1, 0.15) is 5.60 Å². The first kappa shape index (κ1) is 16.9. The van der Waals surface area contributed by atoms with Crippen LogP contribution in [0.3, 0.4) is 0 Å². The molecule has 1 aromatic heterocycles. The average molecular weight is 344 g/mol. The van der Waals surface area contributed by atoms with E-state index in [9.17, 15) is 9.59 Å². The summed E-state index contributed by atoms with van der Waals surface area (Å²) in [5.41, 5.74) is -0.360. The Kier molecular flexibility index (Phi) is 4.43. The number of carbonyl (C=O) groups excluding carboxylic acids is 2. The molecular formula is C17H20N4O4. The summed E-state index contributed by atoms with van der Waals surface area (Å²) in [7, 11) is 0. The van der Waals surface area contributed by atoms with Crippen molar-refractivity contribution in [3.63, 3.8) is 0 Å². The first-order valence-electron chi connectivity index (χ1n) is 8.07. The maximum atomic E-state index is 13.0. The van der Waals surface area contributed by atoms with Crippen molar-refractivity contribution in [1.29, 1.82) is 0 Å². The zero-order chi connectivity index (χ0) is 18.0. The summed E-state index contributed by atoms with van der Waals surface area (Å²) < 4.78 is 10.1. The summed E-state index contributed by atoms with van der Waals surface area (Å²) in [5, 5.41) is 7.53. The molecule has 8 heteroatoms. The lowest BCUT2D eigenvalue weighted by molar-refractivity contribution is 0.0563. The van der Waals surface area contributed by atoms with Gasteiger partial charge in [-0.2, -0.15) is 0 Å². The van der Waals surface area contributed by atoms with Crippen LogP contribution in [0.15, 0.2) is 35.0 Å². The van der Waals surface area contributed by atoms with Gasteiger partial charge < -0.3 is 9.64 Å². The Hall–Kier alpha value is -2.90. The van der Waals surface area contributed by atoms with Crippen molar-refractivity contribution in [3.8, 4) is 0 Å². The number of hydrogen-bond donors (Lipinski definition) is 0. The Morgan fingerprint density at radius 1 is 1.16 bits per heavy atom. The molecule has 8 nitrogen and oxygen atoms in total. The van der Waals surface area contributed by atoms with Gasteiger partial charge in [0.15, 0.2) is 0 Å². The van der Waals surface area contributed by atoms with E-state index in [-0.39, 0.29) is 5.69 Å². The third kappa shape index (κ3) is 3.62. The van der Waals surface area contributed by atoms with Gasteiger partial charge >= 0.3 is 6.09 Å². The summed E-state index contributed by atoms with van der Waals surface area (Å²) >= 11 is 0. The van der Waals surface area contributed by atoms with Crippen LogP contribution in [0.1, 0.15) is 37.7 Å². The third-order valence-electron chi connectivity index (χ3n) is 3.62. The van der Waals surface area contributed by atoms with Crippen LogP contribution in [0.4, 0.5) is 16.3 Å². The molecule has 1 aliphatic rings. The highest BCUT2D eigenvalue weighted by Gasteiger charge is 2.35. The first-order valence-corrected chi connectivity index (χ1v) is 8.07. The predicted molar refractivity (Wildman–Crippen MR) is 90.6 cm³/mol. The Bertz CT molecular complexity index is 762. The lowest BCUT2D eigenvalue weighted by atomic mass is 10.2. The molecule has 0 aliphatic carbocycles. The minimum absolute atomic E-state index is 0.00517. The largest absolute Gasteiger partial charge is 0.443 e. The lowest BCUT2D eigenvalue weighted by Gasteiger charge is -2.31. The van der Waals surface area contributed by atoms with Crippen LogP contribution in [-0.2, 0) is 4.74 Å². The van der Waals surface area contributed by atoms with E-state index in [1.54, 1.807) is 51.1 Å². The van der Waals surface area contributed by atoms with Crippen molar-refractivity contribution in [2.75, 3.05) is 22.9 Å². The van der Waals surface area contributed by atoms with E-state index in [4.69, 9.17) is 9.37 Å². The summed E-state index contributed by atoms with van der Waals surface area (Å²) in [6.45, 7) is 6.75. The summed E-state index contributed by atoms with van der Waals surface area (Å²) in [4.78, 5) is 28.5. The maximum Gasteiger partial charge on any atom is 0.422 e. The third-order valence-corrected chi connectivity index (χ3v) is 3.62. The fraction of sp³-hybridized carbons (Fsp3) is 0.412. The van der Waals surface area contributed by atoms with Gasteiger partial charge in [-0.25, -0.2) is 14.3 Å². The molecule has 3 rings (SSSR count). The summed E-state index contributed by atoms with van der Waals surface area (Å²) in [5.74, 6) is -0.288. The minimum atomic E-state index is -0.777. The van der Waals surface area contributed by atoms with Crippen molar-refractivity contribution >= 4 is 23.5 Å². The molecule has 1 aliphatic heterocycles. The van der Waals surface area contributed by atoms with Crippen molar-refractivity contribution in [1.82, 2.24) is 10.3 Å². The minimum Gasteiger partial charge on any atom is -0.443 e. The molecule has 0 bridgehead atoms. The second kappa shape index (κ2) is 6.54. The number of nitrogens with zero attached hydrogens (tertiary/aromatic N) is 4. The van der Waals surface area contributed by atoms with Gasteiger partial charge in [0, 0.05) is 13.1 Å². The van der Waals surface area contributed by atoms with Crippen LogP contribution in [0, 0.1) is 0 Å². The molecule has 0 radical (unpaired) electrons. The molecule has 0 atom stereocenters. The Morgan fingerprint density at radius 2 is 1.84 bits per heavy atom. The van der Waals surface area contributed by atoms with Crippen LogP contribution in [0.25, 0.3) is 0 Å². The first-order chi connectivity index (χ1) is 11.9. The van der Waals surface area contributed by atoms with E-state index in [1.165, 1.54) is 0 Å². The number of para-hydroxylation sites is 1. The molecule has 0 unspecified atom stereocenters. The number of hydrogen-bond acceptors (Lipinski definition) is 7. The van der Waals surface area contributed by atoms with E-state index in [2.05, 4.69) is 10.3 Å². The quantitative estimate of drug-likeness (QED) is 0.846. The van der Waals surface area contributed by atoms with Gasteiger partial charge in [-0.15, -0.1) is 0 Å². The molecule has 0 saturated carbocycles. The van der Waals surface area contributed by atoms with E-state index in [0.717, 1.165) is 24.4 Å². The van der Waals surface area contributed by atoms with Crippen molar-refractivity contribution in [3.05, 3.63) is 36.0 Å². The van der Waals surface area contributed by atoms with Gasteiger partial charge in [-0.05, 0) is 49.6 Å². The average Bonchev–Trinajstić information content (AvgIpc) is 2.94. The molecule has 2 aromatic rings. The zero-order valence-electron chi connectivity index (χ0n) is 14.4. The number of ether oxygens (including phenoxy) is 1. The zero-order valence-corrected chi connectivity index (χ0v) is 14.4. The summed E-state index contributed by atoms with van der Waals surface area (Å²) in [6, 6.07) is 8.57. The van der Waals surface area contributed by atoms with Crippen molar-refractivity contribution in [2.24, 2.45) is 0 Å². The number of rotatable bonds is 3. The van der Waals surface area contributed by atoms with E-state index in [0.29, 0.717) is 11.5 Å². The molecule has 0 N–H and O–H groups in total. The van der Waals surface area contributed by atoms with Crippen LogP contribution in [0.2, 0.25) is 0 Å². The molecule has 1 aromatic carbocycles. The van der Waals surface area contributed by atoms with Gasteiger partial charge in [0.05, 0.1) is 5.69 Å². The normalized spacial score (nSPS) is 14.0. The standard InChI is InChI=1S/C17H20N4O4/c1-17(2,3)24-16(23)21(12-8-5-4-6-9-12)15(22)13-14(19-25-18-13)20-10-7-11-20/h4-6,8-9H,7,10-11H2,1-3H3. The molecule has 25 heavy (non-hydrogen) atoms. The van der Waals surface area contributed by atoms with Crippen molar-refractivity contribution in [2.45, 2.75) is 32.8 Å². The fourth-order valence-corrected chi connectivity index (χ4v) is 2.35. The summed E-state index contributed by atoms with van der Waals surface area (Å²) in [6.07, 6.45) is 0.232. The molecule has 1 saturated heterocycles. The highest BCUT2D eigenvalue weighted by molar-refractivity contribution is 6.20. The number of benzene rings is 1. The lowest BCUT2D eigenvalue weighted by Crippen LogP contribution is -2.43. The predicted octanol–water partition coefficient (Wildman–Crippen LogP) is 2.86. The van der Waals surface area contributed by atoms with Crippen LogP contribution < -0.4 is 9.80 Å². The van der Waals surface area contributed by atoms with E-state index >= 15 is 0 Å². The molecule has 0 spiro atoms. The van der Waals surface area contributed by atoms with Crippen LogP contribution in [-0.4, -0.2) is 41.0 Å². The number of anilines is 2. The monoisotopic (exact) mass is 344 g/mol. The molecule has 2 heterocycles. The van der Waals surface area contributed by atoms with Crippen molar-refractivity contribution < 1.29 is 19.0 Å². The Balaban J connectivity index is 1.95. The SMILES string of the molecule is CC(C)(C)OC(=O)N(C(=O)c1nonc1N1CCC1)c1ccccc1. The molecular weight excluding hydrogens is 324 g/mol. The van der Waals surface area contributed by atoms with Gasteiger partial charge in [-0.3, -0.25) is 4.79 Å². The van der Waals surface area contributed by atoms with Gasteiger partial charge in [-0.1, -0.05) is 18.2 Å². The molecule has 2 amide bonds. The number of aromatic nitrogens is 2. The molecule has 1 fully saturated rings. The number of imide groups is 1. The Labute approximate surface area is 145 Å². The van der Waals surface area contributed by atoms with E-state index < -0.39 is 17.6 Å². The van der Waals surface area contributed by atoms with Gasteiger partial charge in [0.25, 0.3) is 5.91 Å². The second-order valence-electron chi connectivity index (χ2n) is 6.73. The fourth-order valence-electron chi connectivity index (χ4n) is 2.35. The van der Waals surface area contributed by atoms with Gasteiger partial charge in [0.2, 0.25) is 11.5 Å². The molecule has 132 valence electrons. The maximum absolute atomic E-state index is 13.0. The Morgan fingerprint density at radius 3 is 2.40 bits per heavy atom. The number of amides is 2. The second-order valence-corrected chi connectivity index (χ2v) is 6.73. The van der Waals surface area contributed by atoms with Crippen LogP contribution >= 0.6 is 0 Å². The highest BCUT2D eigenvalue weighted by Crippen LogP contribution is 2.26. The topological polar surface area (TPSA) is 88.8 Å². The van der Waals surface area contributed by atoms with Crippen LogP contribution in [0.5, 0.6) is 0 Å². The van der Waals surface area contributed by atoms with E-state index in [1.807, 2.05) is 4.90 Å². The highest BCUT2D eigenvalue weighted by atomic mass is 16.6. The number of carbonyl (C=O) groups is 2. The smallest absolute Gasteiger partial charge is 0.422 e.